The third-order valence-electron chi connectivity index (χ3n) is 2.50. The van der Waals surface area contributed by atoms with Crippen molar-refractivity contribution >= 4 is 15.7 Å². The number of ether oxygens (including phenoxy) is 1. The van der Waals surface area contributed by atoms with Gasteiger partial charge in [0.1, 0.15) is 12.4 Å². The van der Waals surface area contributed by atoms with Crippen LogP contribution in [0, 0.1) is 12.3 Å². The molecule has 0 saturated heterocycles. The van der Waals surface area contributed by atoms with Gasteiger partial charge in [-0.15, -0.1) is 6.42 Å². The van der Waals surface area contributed by atoms with Gasteiger partial charge >= 0.3 is 0 Å². The summed E-state index contributed by atoms with van der Waals surface area (Å²) in [5.74, 6) is 2.73. The first-order valence-electron chi connectivity index (χ1n) is 5.86. The Hall–Kier alpha value is -2.45. The zero-order chi connectivity index (χ0) is 14.4. The van der Waals surface area contributed by atoms with E-state index in [1.165, 1.54) is 12.1 Å². The van der Waals surface area contributed by atoms with E-state index in [1.807, 2.05) is 0 Å². The van der Waals surface area contributed by atoms with Crippen LogP contribution in [0.5, 0.6) is 5.75 Å². The van der Waals surface area contributed by atoms with E-state index in [2.05, 4.69) is 10.6 Å². The van der Waals surface area contributed by atoms with Crippen LogP contribution >= 0.6 is 0 Å². The molecule has 5 heteroatoms. The van der Waals surface area contributed by atoms with Crippen molar-refractivity contribution in [1.29, 1.82) is 0 Å². The molecule has 0 bridgehead atoms. The monoisotopic (exact) mass is 287 g/mol. The number of rotatable bonds is 5. The molecule has 20 heavy (non-hydrogen) atoms. The number of hydrogen-bond donors (Lipinski definition) is 1. The average Bonchev–Trinajstić information content (AvgIpc) is 2.47. The van der Waals surface area contributed by atoms with Crippen LogP contribution in [0.25, 0.3) is 0 Å². The van der Waals surface area contributed by atoms with E-state index < -0.39 is 10.0 Å². The zero-order valence-electron chi connectivity index (χ0n) is 10.6. The molecule has 0 spiro atoms. The van der Waals surface area contributed by atoms with E-state index in [0.717, 1.165) is 0 Å². The van der Waals surface area contributed by atoms with Crippen molar-refractivity contribution in [3.05, 3.63) is 54.6 Å². The Morgan fingerprint density at radius 3 is 2.40 bits per heavy atom. The van der Waals surface area contributed by atoms with Crippen LogP contribution in [0.3, 0.4) is 0 Å². The second kappa shape index (κ2) is 6.13. The molecule has 0 amide bonds. The molecule has 0 saturated carbocycles. The van der Waals surface area contributed by atoms with Gasteiger partial charge in [-0.25, -0.2) is 8.42 Å². The van der Waals surface area contributed by atoms with E-state index in [0.29, 0.717) is 11.4 Å². The lowest BCUT2D eigenvalue weighted by molar-refractivity contribution is 0.372. The molecule has 1 N–H and O–H groups in total. The topological polar surface area (TPSA) is 55.4 Å². The van der Waals surface area contributed by atoms with Crippen molar-refractivity contribution in [2.24, 2.45) is 0 Å². The predicted molar refractivity (Wildman–Crippen MR) is 78.0 cm³/mol. The number of para-hydroxylation sites is 2. The van der Waals surface area contributed by atoms with Gasteiger partial charge in [-0.1, -0.05) is 36.3 Å². The molecule has 2 aromatic rings. The summed E-state index contributed by atoms with van der Waals surface area (Å²) in [6.07, 6.45) is 5.13. The van der Waals surface area contributed by atoms with Crippen molar-refractivity contribution in [3.63, 3.8) is 0 Å². The van der Waals surface area contributed by atoms with Gasteiger partial charge < -0.3 is 4.74 Å². The molecule has 0 aliphatic rings. The molecule has 102 valence electrons. The SMILES string of the molecule is C#CCOc1ccccc1NS(=O)(=O)c1ccccc1. The van der Waals surface area contributed by atoms with Crippen LogP contribution in [-0.2, 0) is 10.0 Å². The van der Waals surface area contributed by atoms with Crippen molar-refractivity contribution < 1.29 is 13.2 Å². The highest BCUT2D eigenvalue weighted by Crippen LogP contribution is 2.26. The molecule has 0 fully saturated rings. The molecule has 2 aromatic carbocycles. The van der Waals surface area contributed by atoms with Gasteiger partial charge in [0.25, 0.3) is 10.0 Å². The smallest absolute Gasteiger partial charge is 0.262 e. The number of sulfonamides is 1. The largest absolute Gasteiger partial charge is 0.479 e. The lowest BCUT2D eigenvalue weighted by Crippen LogP contribution is -2.13. The van der Waals surface area contributed by atoms with E-state index in [4.69, 9.17) is 11.2 Å². The van der Waals surface area contributed by atoms with E-state index in [-0.39, 0.29) is 11.5 Å². The van der Waals surface area contributed by atoms with Gasteiger partial charge in [-0.05, 0) is 24.3 Å². The molecule has 0 aliphatic carbocycles. The molecule has 0 radical (unpaired) electrons. The van der Waals surface area contributed by atoms with Crippen molar-refractivity contribution in [2.45, 2.75) is 4.90 Å². The molecule has 2 rings (SSSR count). The van der Waals surface area contributed by atoms with Crippen LogP contribution in [0.4, 0.5) is 5.69 Å². The van der Waals surface area contributed by atoms with Crippen LogP contribution in [0.15, 0.2) is 59.5 Å². The Balaban J connectivity index is 2.29. The molecule has 0 aliphatic heterocycles. The molecular weight excluding hydrogens is 274 g/mol. The highest BCUT2D eigenvalue weighted by Gasteiger charge is 2.15. The molecule has 4 nitrogen and oxygen atoms in total. The second-order valence-electron chi connectivity index (χ2n) is 3.91. The molecule has 0 atom stereocenters. The van der Waals surface area contributed by atoms with Gasteiger partial charge in [-0.2, -0.15) is 0 Å². The van der Waals surface area contributed by atoms with Crippen molar-refractivity contribution in [1.82, 2.24) is 0 Å². The Labute approximate surface area is 118 Å². The molecule has 0 aromatic heterocycles. The summed E-state index contributed by atoms with van der Waals surface area (Å²) in [5, 5.41) is 0. The maximum Gasteiger partial charge on any atom is 0.262 e. The summed E-state index contributed by atoms with van der Waals surface area (Å²) in [4.78, 5) is 0.187. The average molecular weight is 287 g/mol. The first kappa shape index (κ1) is 14.0. The highest BCUT2D eigenvalue weighted by molar-refractivity contribution is 7.92. The normalized spacial score (nSPS) is 10.6. The fourth-order valence-corrected chi connectivity index (χ4v) is 2.69. The van der Waals surface area contributed by atoms with E-state index in [9.17, 15) is 8.42 Å². The number of anilines is 1. The number of terminal acetylenes is 1. The van der Waals surface area contributed by atoms with Gasteiger partial charge in [0.05, 0.1) is 10.6 Å². The Morgan fingerprint density at radius 1 is 1.05 bits per heavy atom. The van der Waals surface area contributed by atoms with Crippen molar-refractivity contribution in [2.75, 3.05) is 11.3 Å². The minimum atomic E-state index is -3.64. The quantitative estimate of drug-likeness (QED) is 0.860. The van der Waals surface area contributed by atoms with Crippen LogP contribution in [0.1, 0.15) is 0 Å². The third-order valence-corrected chi connectivity index (χ3v) is 3.88. The second-order valence-corrected chi connectivity index (χ2v) is 5.59. The number of benzene rings is 2. The number of hydrogen-bond acceptors (Lipinski definition) is 3. The minimum absolute atomic E-state index is 0.0735. The number of nitrogens with one attached hydrogen (secondary N) is 1. The Bertz CT molecular complexity index is 718. The molecule has 0 unspecified atom stereocenters. The summed E-state index contributed by atoms with van der Waals surface area (Å²) >= 11 is 0. The zero-order valence-corrected chi connectivity index (χ0v) is 11.4. The third kappa shape index (κ3) is 3.31. The van der Waals surface area contributed by atoms with Crippen LogP contribution < -0.4 is 9.46 Å². The van der Waals surface area contributed by atoms with Gasteiger partial charge in [-0.3, -0.25) is 4.72 Å². The molecular formula is C15H13NO3S. The fourth-order valence-electron chi connectivity index (χ4n) is 1.60. The Morgan fingerprint density at radius 2 is 1.70 bits per heavy atom. The summed E-state index contributed by atoms with van der Waals surface area (Å²) in [6, 6.07) is 14.8. The van der Waals surface area contributed by atoms with Gasteiger partial charge in [0.2, 0.25) is 0 Å². The first-order chi connectivity index (χ1) is 9.63. The standard InChI is InChI=1S/C15H13NO3S/c1-2-12-19-15-11-7-6-10-14(15)16-20(17,18)13-8-4-3-5-9-13/h1,3-11,16H,12H2. The summed E-state index contributed by atoms with van der Waals surface area (Å²) < 4.78 is 32.2. The van der Waals surface area contributed by atoms with E-state index in [1.54, 1.807) is 42.5 Å². The van der Waals surface area contributed by atoms with Gasteiger partial charge in [0, 0.05) is 0 Å². The first-order valence-corrected chi connectivity index (χ1v) is 7.35. The summed E-state index contributed by atoms with van der Waals surface area (Å²) in [6.45, 7) is 0.0735. The summed E-state index contributed by atoms with van der Waals surface area (Å²) in [5.41, 5.74) is 0.353. The maximum atomic E-state index is 12.2. The predicted octanol–water partition coefficient (Wildman–Crippen LogP) is 2.50. The lowest BCUT2D eigenvalue weighted by Gasteiger charge is -2.12. The van der Waals surface area contributed by atoms with Crippen LogP contribution in [0.2, 0.25) is 0 Å². The van der Waals surface area contributed by atoms with Gasteiger partial charge in [0.15, 0.2) is 0 Å². The van der Waals surface area contributed by atoms with Crippen molar-refractivity contribution in [3.8, 4) is 18.1 Å². The maximum absolute atomic E-state index is 12.2. The summed E-state index contributed by atoms with van der Waals surface area (Å²) in [7, 11) is -3.64. The minimum Gasteiger partial charge on any atom is -0.479 e. The van der Waals surface area contributed by atoms with Crippen LogP contribution in [-0.4, -0.2) is 15.0 Å². The highest BCUT2D eigenvalue weighted by atomic mass is 32.2. The lowest BCUT2D eigenvalue weighted by atomic mass is 10.3. The Kier molecular flexibility index (Phi) is 4.28. The molecule has 0 heterocycles. The fraction of sp³-hybridized carbons (Fsp3) is 0.0667. The van der Waals surface area contributed by atoms with E-state index >= 15 is 0 Å².